The van der Waals surface area contributed by atoms with Crippen LogP contribution in [-0.2, 0) is 4.79 Å². The summed E-state index contributed by atoms with van der Waals surface area (Å²) in [5.41, 5.74) is 4.04. The van der Waals surface area contributed by atoms with Gasteiger partial charge >= 0.3 is 5.97 Å². The molecule has 0 aromatic heterocycles. The summed E-state index contributed by atoms with van der Waals surface area (Å²) < 4.78 is 0. The molecule has 0 aromatic carbocycles. The van der Waals surface area contributed by atoms with E-state index in [1.54, 1.807) is 0 Å². The Balaban J connectivity index is 3.91. The summed E-state index contributed by atoms with van der Waals surface area (Å²) in [5, 5.41) is 8.28. The number of carboxylic acid groups (broad SMARTS) is 1. The molecule has 47 valence electrons. The highest BCUT2D eigenvalue weighted by atomic mass is 16.4. The monoisotopic (exact) mass is 116 g/mol. The minimum Gasteiger partial charge on any atom is -0.480 e. The van der Waals surface area contributed by atoms with E-state index in [0.29, 0.717) is 0 Å². The lowest BCUT2D eigenvalue weighted by Gasteiger charge is -2.14. The molecule has 0 amide bonds. The summed E-state index contributed by atoms with van der Waals surface area (Å²) in [6.07, 6.45) is 0.211. The molecule has 3 heteroatoms. The normalized spacial score (nSPS) is 17.4. The van der Waals surface area contributed by atoms with Gasteiger partial charge in [0.15, 0.2) is 0 Å². The Morgan fingerprint density at radius 1 is 2.00 bits per heavy atom. The van der Waals surface area contributed by atoms with Crippen molar-refractivity contribution in [1.82, 2.24) is 0 Å². The molecule has 0 rings (SSSR count). The number of aliphatic carboxylic acids is 1. The van der Waals surface area contributed by atoms with Crippen LogP contribution in [0, 0.1) is 6.92 Å². The van der Waals surface area contributed by atoms with Gasteiger partial charge in [0.2, 0.25) is 0 Å². The first kappa shape index (κ1) is 7.43. The van der Waals surface area contributed by atoms with Crippen molar-refractivity contribution in [3.63, 3.8) is 0 Å². The highest BCUT2D eigenvalue weighted by Crippen LogP contribution is 2.02. The molecule has 0 saturated heterocycles. The van der Waals surface area contributed by atoms with Crippen molar-refractivity contribution in [2.45, 2.75) is 18.9 Å². The van der Waals surface area contributed by atoms with Gasteiger partial charge in [0.1, 0.15) is 5.54 Å². The molecule has 0 spiro atoms. The lowest BCUT2D eigenvalue weighted by molar-refractivity contribution is -0.142. The molecule has 0 saturated carbocycles. The van der Waals surface area contributed by atoms with E-state index < -0.39 is 11.5 Å². The molecule has 3 nitrogen and oxygen atoms in total. The number of hydrogen-bond acceptors (Lipinski definition) is 2. The Bertz CT molecular complexity index is 98.6. The first-order valence-electron chi connectivity index (χ1n) is 2.32. The first-order valence-corrected chi connectivity index (χ1v) is 2.32. The maximum Gasteiger partial charge on any atom is 0.323 e. The third kappa shape index (κ3) is 1.50. The van der Waals surface area contributed by atoms with Gasteiger partial charge in [-0.3, -0.25) is 4.79 Å². The van der Waals surface area contributed by atoms with Crippen LogP contribution in [-0.4, -0.2) is 16.6 Å². The predicted molar refractivity (Wildman–Crippen MR) is 30.2 cm³/mol. The van der Waals surface area contributed by atoms with E-state index in [1.807, 2.05) is 0 Å². The number of carbonyl (C=O) groups is 1. The maximum atomic E-state index is 10.1. The van der Waals surface area contributed by atoms with Gasteiger partial charge in [-0.25, -0.2) is 0 Å². The van der Waals surface area contributed by atoms with Gasteiger partial charge in [-0.15, -0.1) is 0 Å². The van der Waals surface area contributed by atoms with Crippen LogP contribution in [0.2, 0.25) is 0 Å². The predicted octanol–water partition coefficient (Wildman–Crippen LogP) is 0.0126. The van der Waals surface area contributed by atoms with Crippen molar-refractivity contribution in [2.24, 2.45) is 5.73 Å². The van der Waals surface area contributed by atoms with Crippen LogP contribution in [0.25, 0.3) is 0 Å². The summed E-state index contributed by atoms with van der Waals surface area (Å²) in [6, 6.07) is 0. The quantitative estimate of drug-likeness (QED) is 0.534. The van der Waals surface area contributed by atoms with Crippen molar-refractivity contribution >= 4 is 5.97 Å². The second-order valence-electron chi connectivity index (χ2n) is 1.97. The zero-order valence-corrected chi connectivity index (χ0v) is 4.85. The number of nitrogens with two attached hydrogens (primary N) is 1. The van der Waals surface area contributed by atoms with Gasteiger partial charge in [0.05, 0.1) is 0 Å². The molecular formula is C5H10NO2. The lowest BCUT2D eigenvalue weighted by atomic mass is 10.0. The van der Waals surface area contributed by atoms with Crippen molar-refractivity contribution < 1.29 is 9.90 Å². The minimum atomic E-state index is -1.15. The average Bonchev–Trinajstić information content (AvgIpc) is 1.67. The average molecular weight is 116 g/mol. The van der Waals surface area contributed by atoms with Crippen LogP contribution in [0.5, 0.6) is 0 Å². The molecule has 8 heavy (non-hydrogen) atoms. The van der Waals surface area contributed by atoms with Crippen molar-refractivity contribution in [3.8, 4) is 0 Å². The SMILES string of the molecule is [CH2]C[C@](C)(N)C(=O)O. The molecule has 3 N–H and O–H groups in total. The fourth-order valence-electron chi connectivity index (χ4n) is 0.107. The lowest BCUT2D eigenvalue weighted by Crippen LogP contribution is -2.43. The standard InChI is InChI=1S/C5H10NO2/c1-3-5(2,6)4(7)8/h1,3,6H2,2H3,(H,7,8)/t5-/m0/s1. The van der Waals surface area contributed by atoms with E-state index in [4.69, 9.17) is 10.8 Å². The zero-order chi connectivity index (χ0) is 6.78. The first-order chi connectivity index (χ1) is 3.50. The fourth-order valence-corrected chi connectivity index (χ4v) is 0.107. The molecule has 0 unspecified atom stereocenters. The smallest absolute Gasteiger partial charge is 0.323 e. The second kappa shape index (κ2) is 2.13. The highest BCUT2D eigenvalue weighted by Gasteiger charge is 2.24. The topological polar surface area (TPSA) is 63.3 Å². The third-order valence-corrected chi connectivity index (χ3v) is 1.01. The summed E-state index contributed by atoms with van der Waals surface area (Å²) in [4.78, 5) is 10.1. The maximum absolute atomic E-state index is 10.1. The van der Waals surface area contributed by atoms with E-state index in [2.05, 4.69) is 6.92 Å². The zero-order valence-electron chi connectivity index (χ0n) is 4.85. The minimum absolute atomic E-state index is 0.211. The summed E-state index contributed by atoms with van der Waals surface area (Å²) in [5.74, 6) is -1.01. The van der Waals surface area contributed by atoms with Gasteiger partial charge in [0.25, 0.3) is 0 Å². The van der Waals surface area contributed by atoms with Gasteiger partial charge in [-0.05, 0) is 13.3 Å². The van der Waals surface area contributed by atoms with E-state index in [0.717, 1.165) is 0 Å². The summed E-state index contributed by atoms with van der Waals surface area (Å²) in [7, 11) is 0. The molecule has 1 atom stereocenters. The molecule has 0 aliphatic carbocycles. The van der Waals surface area contributed by atoms with Crippen LogP contribution in [0.4, 0.5) is 0 Å². The Hall–Kier alpha value is -0.570. The van der Waals surface area contributed by atoms with Crippen molar-refractivity contribution in [2.75, 3.05) is 0 Å². The Kier molecular flexibility index (Phi) is 1.98. The van der Waals surface area contributed by atoms with Crippen molar-refractivity contribution in [3.05, 3.63) is 6.92 Å². The van der Waals surface area contributed by atoms with E-state index >= 15 is 0 Å². The Labute approximate surface area is 48.5 Å². The molecule has 0 bridgehead atoms. The summed E-state index contributed by atoms with van der Waals surface area (Å²) >= 11 is 0. The molecule has 0 heterocycles. The molecule has 1 radical (unpaired) electrons. The molecular weight excluding hydrogens is 106 g/mol. The van der Waals surface area contributed by atoms with Crippen molar-refractivity contribution in [1.29, 1.82) is 0 Å². The third-order valence-electron chi connectivity index (χ3n) is 1.01. The number of carboxylic acids is 1. The van der Waals surface area contributed by atoms with Gasteiger partial charge in [0, 0.05) is 0 Å². The molecule has 0 aliphatic rings. The van der Waals surface area contributed by atoms with Crippen LogP contribution >= 0.6 is 0 Å². The highest BCUT2D eigenvalue weighted by molar-refractivity contribution is 5.77. The van der Waals surface area contributed by atoms with Crippen LogP contribution in [0.15, 0.2) is 0 Å². The Morgan fingerprint density at radius 3 is 2.38 bits per heavy atom. The van der Waals surface area contributed by atoms with Gasteiger partial charge in [-0.1, -0.05) is 6.92 Å². The largest absolute Gasteiger partial charge is 0.480 e. The summed E-state index contributed by atoms with van der Waals surface area (Å²) in [6.45, 7) is 4.81. The van der Waals surface area contributed by atoms with E-state index in [9.17, 15) is 4.79 Å². The fraction of sp³-hybridized carbons (Fsp3) is 0.600. The molecule has 0 aromatic rings. The molecule has 0 aliphatic heterocycles. The van der Waals surface area contributed by atoms with Gasteiger partial charge in [-0.2, -0.15) is 0 Å². The second-order valence-corrected chi connectivity index (χ2v) is 1.97. The van der Waals surface area contributed by atoms with Crippen LogP contribution in [0.3, 0.4) is 0 Å². The van der Waals surface area contributed by atoms with Crippen LogP contribution in [0.1, 0.15) is 13.3 Å². The van der Waals surface area contributed by atoms with E-state index in [1.165, 1.54) is 6.92 Å². The van der Waals surface area contributed by atoms with Gasteiger partial charge < -0.3 is 10.8 Å². The van der Waals surface area contributed by atoms with E-state index in [-0.39, 0.29) is 6.42 Å². The Morgan fingerprint density at radius 2 is 2.38 bits per heavy atom. The number of hydrogen-bond donors (Lipinski definition) is 2. The number of rotatable bonds is 2. The molecule has 0 fully saturated rings. The van der Waals surface area contributed by atoms with Crippen LogP contribution < -0.4 is 5.73 Å².